The maximum Gasteiger partial charge on any atom is 0.149 e. The molecule has 0 spiro atoms. The molecule has 1 aliphatic rings. The van der Waals surface area contributed by atoms with Gasteiger partial charge in [0, 0.05) is 19.5 Å². The first-order valence-electron chi connectivity index (χ1n) is 6.73. The summed E-state index contributed by atoms with van der Waals surface area (Å²) in [7, 11) is 0. The Balaban J connectivity index is 2.14. The summed E-state index contributed by atoms with van der Waals surface area (Å²) in [4.78, 5) is 14.2. The molecule has 0 radical (unpaired) electrons. The maximum absolute atomic E-state index is 11.8. The molecule has 100 valence electrons. The van der Waals surface area contributed by atoms with Crippen LogP contribution in [0, 0.1) is 5.92 Å². The first kappa shape index (κ1) is 14.6. The molecule has 4 nitrogen and oxygen atoms in total. The van der Waals surface area contributed by atoms with Gasteiger partial charge in [0.1, 0.15) is 5.78 Å². The Kier molecular flexibility index (Phi) is 6.70. The third kappa shape index (κ3) is 5.15. The van der Waals surface area contributed by atoms with Gasteiger partial charge in [-0.05, 0) is 18.9 Å². The van der Waals surface area contributed by atoms with E-state index >= 15 is 0 Å². The SMILES string of the molecule is CC[C@H](C)[C@@H](N)C(=O)CCCN1CCOCC1. The molecule has 17 heavy (non-hydrogen) atoms. The summed E-state index contributed by atoms with van der Waals surface area (Å²) < 4.78 is 5.28. The van der Waals surface area contributed by atoms with E-state index in [0.29, 0.717) is 12.3 Å². The zero-order chi connectivity index (χ0) is 12.7. The number of ether oxygens (including phenoxy) is 1. The van der Waals surface area contributed by atoms with E-state index in [1.807, 2.05) is 6.92 Å². The minimum atomic E-state index is -0.273. The Morgan fingerprint density at radius 1 is 1.41 bits per heavy atom. The largest absolute Gasteiger partial charge is 0.379 e. The third-order valence-corrected chi connectivity index (χ3v) is 3.63. The van der Waals surface area contributed by atoms with Crippen LogP contribution in [-0.2, 0) is 9.53 Å². The van der Waals surface area contributed by atoms with Gasteiger partial charge in [0.05, 0.1) is 19.3 Å². The van der Waals surface area contributed by atoms with Crippen LogP contribution in [0.15, 0.2) is 0 Å². The fraction of sp³-hybridized carbons (Fsp3) is 0.923. The number of carbonyl (C=O) groups is 1. The highest BCUT2D eigenvalue weighted by molar-refractivity contribution is 5.83. The molecule has 0 amide bonds. The summed E-state index contributed by atoms with van der Waals surface area (Å²) in [5.74, 6) is 0.512. The van der Waals surface area contributed by atoms with Crippen molar-refractivity contribution in [3.8, 4) is 0 Å². The summed E-state index contributed by atoms with van der Waals surface area (Å²) in [6.45, 7) is 8.73. The number of carbonyl (C=O) groups excluding carboxylic acids is 1. The van der Waals surface area contributed by atoms with Gasteiger partial charge < -0.3 is 10.5 Å². The molecule has 0 aliphatic carbocycles. The summed E-state index contributed by atoms with van der Waals surface area (Å²) in [6.07, 6.45) is 2.50. The van der Waals surface area contributed by atoms with Crippen LogP contribution in [0.5, 0.6) is 0 Å². The van der Waals surface area contributed by atoms with Crippen molar-refractivity contribution in [1.29, 1.82) is 0 Å². The monoisotopic (exact) mass is 242 g/mol. The van der Waals surface area contributed by atoms with E-state index in [0.717, 1.165) is 45.7 Å². The molecule has 0 saturated carbocycles. The van der Waals surface area contributed by atoms with Crippen LogP contribution in [-0.4, -0.2) is 49.6 Å². The van der Waals surface area contributed by atoms with Crippen molar-refractivity contribution >= 4 is 5.78 Å². The van der Waals surface area contributed by atoms with Crippen molar-refractivity contribution in [2.75, 3.05) is 32.8 Å². The quantitative estimate of drug-likeness (QED) is 0.725. The molecule has 4 heteroatoms. The van der Waals surface area contributed by atoms with Crippen molar-refractivity contribution in [2.24, 2.45) is 11.7 Å². The lowest BCUT2D eigenvalue weighted by Crippen LogP contribution is -2.39. The molecule has 0 aromatic heterocycles. The highest BCUT2D eigenvalue weighted by Crippen LogP contribution is 2.09. The van der Waals surface area contributed by atoms with Crippen LogP contribution >= 0.6 is 0 Å². The standard InChI is InChI=1S/C13H26N2O2/c1-3-11(2)13(14)12(16)5-4-6-15-7-9-17-10-8-15/h11,13H,3-10,14H2,1-2H3/t11-,13+/m0/s1. The lowest BCUT2D eigenvalue weighted by atomic mass is 9.94. The lowest BCUT2D eigenvalue weighted by Gasteiger charge is -2.26. The van der Waals surface area contributed by atoms with Crippen molar-refractivity contribution in [3.63, 3.8) is 0 Å². The van der Waals surface area contributed by atoms with Gasteiger partial charge >= 0.3 is 0 Å². The fourth-order valence-electron chi connectivity index (χ4n) is 2.04. The molecule has 0 aromatic rings. The van der Waals surface area contributed by atoms with Crippen molar-refractivity contribution in [1.82, 2.24) is 4.90 Å². The Bertz CT molecular complexity index is 227. The molecule has 1 saturated heterocycles. The van der Waals surface area contributed by atoms with E-state index in [2.05, 4.69) is 11.8 Å². The number of rotatable bonds is 7. The predicted molar refractivity (Wildman–Crippen MR) is 68.9 cm³/mol. The van der Waals surface area contributed by atoms with Gasteiger partial charge in [-0.2, -0.15) is 0 Å². The second kappa shape index (κ2) is 7.80. The third-order valence-electron chi connectivity index (χ3n) is 3.63. The number of hydrogen-bond donors (Lipinski definition) is 1. The summed E-state index contributed by atoms with van der Waals surface area (Å²) in [5, 5.41) is 0. The number of nitrogens with two attached hydrogens (primary N) is 1. The van der Waals surface area contributed by atoms with E-state index < -0.39 is 0 Å². The zero-order valence-electron chi connectivity index (χ0n) is 11.2. The predicted octanol–water partition coefficient (Wildman–Crippen LogP) is 1.04. The molecule has 0 unspecified atom stereocenters. The van der Waals surface area contributed by atoms with Crippen molar-refractivity contribution in [3.05, 3.63) is 0 Å². The van der Waals surface area contributed by atoms with Crippen LogP contribution < -0.4 is 5.73 Å². The van der Waals surface area contributed by atoms with Crippen molar-refractivity contribution in [2.45, 2.75) is 39.2 Å². The fourth-order valence-corrected chi connectivity index (χ4v) is 2.04. The number of ketones is 1. The zero-order valence-corrected chi connectivity index (χ0v) is 11.2. The molecular weight excluding hydrogens is 216 g/mol. The molecule has 1 rings (SSSR count). The van der Waals surface area contributed by atoms with Gasteiger partial charge in [0.2, 0.25) is 0 Å². The van der Waals surface area contributed by atoms with Gasteiger partial charge in [-0.15, -0.1) is 0 Å². The molecule has 0 aromatic carbocycles. The van der Waals surface area contributed by atoms with Crippen LogP contribution in [0.1, 0.15) is 33.1 Å². The van der Waals surface area contributed by atoms with Gasteiger partial charge in [-0.3, -0.25) is 9.69 Å². The summed E-state index contributed by atoms with van der Waals surface area (Å²) in [6, 6.07) is -0.273. The number of morpholine rings is 1. The Labute approximate surface area is 104 Å². The summed E-state index contributed by atoms with van der Waals surface area (Å²) >= 11 is 0. The van der Waals surface area contributed by atoms with E-state index in [9.17, 15) is 4.79 Å². The van der Waals surface area contributed by atoms with E-state index in [1.54, 1.807) is 0 Å². The Morgan fingerprint density at radius 3 is 2.65 bits per heavy atom. The van der Waals surface area contributed by atoms with Crippen LogP contribution in [0.25, 0.3) is 0 Å². The van der Waals surface area contributed by atoms with E-state index in [-0.39, 0.29) is 11.8 Å². The van der Waals surface area contributed by atoms with Gasteiger partial charge in [0.25, 0.3) is 0 Å². The lowest BCUT2D eigenvalue weighted by molar-refractivity contribution is -0.121. The smallest absolute Gasteiger partial charge is 0.149 e. The molecule has 1 aliphatic heterocycles. The average molecular weight is 242 g/mol. The van der Waals surface area contributed by atoms with Gasteiger partial charge in [-0.1, -0.05) is 20.3 Å². The first-order chi connectivity index (χ1) is 8.15. The minimum Gasteiger partial charge on any atom is -0.379 e. The van der Waals surface area contributed by atoms with Crippen LogP contribution in [0.4, 0.5) is 0 Å². The molecular formula is C13H26N2O2. The average Bonchev–Trinajstić information content (AvgIpc) is 2.38. The van der Waals surface area contributed by atoms with Crippen molar-refractivity contribution < 1.29 is 9.53 Å². The molecule has 2 atom stereocenters. The number of hydrogen-bond acceptors (Lipinski definition) is 4. The van der Waals surface area contributed by atoms with Gasteiger partial charge in [-0.25, -0.2) is 0 Å². The second-order valence-corrected chi connectivity index (χ2v) is 4.94. The topological polar surface area (TPSA) is 55.6 Å². The van der Waals surface area contributed by atoms with Crippen LogP contribution in [0.3, 0.4) is 0 Å². The Hall–Kier alpha value is -0.450. The first-order valence-corrected chi connectivity index (χ1v) is 6.73. The highest BCUT2D eigenvalue weighted by Gasteiger charge is 2.19. The van der Waals surface area contributed by atoms with E-state index in [1.165, 1.54) is 0 Å². The normalized spacial score (nSPS) is 21.1. The molecule has 0 bridgehead atoms. The summed E-state index contributed by atoms with van der Waals surface area (Å²) in [5.41, 5.74) is 5.91. The Morgan fingerprint density at radius 2 is 2.06 bits per heavy atom. The molecule has 1 fully saturated rings. The molecule has 2 N–H and O–H groups in total. The van der Waals surface area contributed by atoms with E-state index in [4.69, 9.17) is 10.5 Å². The molecule has 1 heterocycles. The number of Topliss-reactive ketones (excluding diaryl/α,β-unsaturated/α-hetero) is 1. The van der Waals surface area contributed by atoms with Crippen LogP contribution in [0.2, 0.25) is 0 Å². The van der Waals surface area contributed by atoms with Gasteiger partial charge in [0.15, 0.2) is 0 Å². The highest BCUT2D eigenvalue weighted by atomic mass is 16.5. The maximum atomic E-state index is 11.8. The second-order valence-electron chi connectivity index (χ2n) is 4.94. The minimum absolute atomic E-state index is 0.215. The number of nitrogens with zero attached hydrogens (tertiary/aromatic N) is 1.